The lowest BCUT2D eigenvalue weighted by atomic mass is 10.2. The van der Waals surface area contributed by atoms with Gasteiger partial charge in [0.05, 0.1) is 30.4 Å². The highest BCUT2D eigenvalue weighted by Crippen LogP contribution is 2.52. The number of benzene rings is 1. The lowest BCUT2D eigenvalue weighted by Gasteiger charge is -2.25. The van der Waals surface area contributed by atoms with Crippen LogP contribution in [0.3, 0.4) is 0 Å². The maximum atomic E-state index is 12.9. The molecule has 0 bridgehead atoms. The maximum absolute atomic E-state index is 12.9. The molecule has 1 unspecified atom stereocenters. The van der Waals surface area contributed by atoms with E-state index in [0.29, 0.717) is 5.02 Å². The summed E-state index contributed by atoms with van der Waals surface area (Å²) < 4.78 is 28.1. The molecular weight excluding hydrogens is 392 g/mol. The Morgan fingerprint density at radius 2 is 1.72 bits per heavy atom. The smallest absolute Gasteiger partial charge is 0.364 e. The Hall–Kier alpha value is -1.11. The van der Waals surface area contributed by atoms with Crippen molar-refractivity contribution in [1.82, 2.24) is 5.32 Å². The fraction of sp³-hybridized carbons (Fsp3) is 0.467. The van der Waals surface area contributed by atoms with E-state index in [1.165, 1.54) is 18.2 Å². The number of amides is 1. The second kappa shape index (κ2) is 10.1. The second-order valence-corrected chi connectivity index (χ2v) is 7.58. The molecule has 140 valence electrons. The maximum Gasteiger partial charge on any atom is 0.364 e. The third-order valence-corrected chi connectivity index (χ3v) is 5.64. The van der Waals surface area contributed by atoms with Gasteiger partial charge in [0, 0.05) is 5.02 Å². The van der Waals surface area contributed by atoms with Crippen LogP contribution in [0.5, 0.6) is 0 Å². The summed E-state index contributed by atoms with van der Waals surface area (Å²) in [5, 5.41) is 2.76. The summed E-state index contributed by atoms with van der Waals surface area (Å²) in [6.45, 7) is 4.83. The van der Waals surface area contributed by atoms with Gasteiger partial charge in [0.2, 0.25) is 5.78 Å². The number of ether oxygens (including phenoxy) is 1. The van der Waals surface area contributed by atoms with Crippen molar-refractivity contribution in [2.75, 3.05) is 19.8 Å². The third-order valence-electron chi connectivity index (χ3n) is 2.89. The Morgan fingerprint density at radius 1 is 1.12 bits per heavy atom. The van der Waals surface area contributed by atoms with Gasteiger partial charge in [-0.2, -0.15) is 0 Å². The molecule has 0 fully saturated rings. The fourth-order valence-electron chi connectivity index (χ4n) is 1.91. The summed E-state index contributed by atoms with van der Waals surface area (Å²) in [6.07, 6.45) is 0. The van der Waals surface area contributed by atoms with Crippen molar-refractivity contribution in [3.63, 3.8) is 0 Å². The van der Waals surface area contributed by atoms with E-state index in [4.69, 9.17) is 37.0 Å². The molecule has 0 spiro atoms. The van der Waals surface area contributed by atoms with Crippen LogP contribution < -0.4 is 5.32 Å². The summed E-state index contributed by atoms with van der Waals surface area (Å²) in [7, 11) is -3.99. The summed E-state index contributed by atoms with van der Waals surface area (Å²) in [5.41, 5.74) is 0.0555. The predicted molar refractivity (Wildman–Crippen MR) is 95.2 cm³/mol. The highest BCUT2D eigenvalue weighted by Gasteiger charge is 2.43. The molecule has 0 radical (unpaired) electrons. The Bertz CT molecular complexity index is 659. The highest BCUT2D eigenvalue weighted by molar-refractivity contribution is 7.55. The van der Waals surface area contributed by atoms with Gasteiger partial charge in [0.25, 0.3) is 5.91 Å². The van der Waals surface area contributed by atoms with Gasteiger partial charge in [-0.1, -0.05) is 23.2 Å². The van der Waals surface area contributed by atoms with Crippen molar-refractivity contribution in [2.24, 2.45) is 0 Å². The van der Waals surface area contributed by atoms with Crippen LogP contribution in [0.1, 0.15) is 31.1 Å². The average Bonchev–Trinajstić information content (AvgIpc) is 2.52. The Balaban J connectivity index is 3.17. The summed E-state index contributed by atoms with van der Waals surface area (Å²) in [5.74, 6) is -3.28. The lowest BCUT2D eigenvalue weighted by molar-refractivity contribution is -0.143. The number of hydrogen-bond donors (Lipinski definition) is 1. The van der Waals surface area contributed by atoms with Gasteiger partial charge in [-0.25, -0.2) is 4.79 Å². The zero-order valence-electron chi connectivity index (χ0n) is 14.1. The molecule has 0 aliphatic rings. The molecule has 0 aliphatic heterocycles. The fourth-order valence-corrected chi connectivity index (χ4v) is 4.10. The average molecular weight is 412 g/mol. The minimum Gasteiger partial charge on any atom is -0.464 e. The number of hydrogen-bond acceptors (Lipinski definition) is 6. The highest BCUT2D eigenvalue weighted by atomic mass is 35.5. The predicted octanol–water partition coefficient (Wildman–Crippen LogP) is 3.88. The largest absolute Gasteiger partial charge is 0.464 e. The Labute approximate surface area is 156 Å². The van der Waals surface area contributed by atoms with Crippen LogP contribution in [0.2, 0.25) is 10.0 Å². The second-order valence-electron chi connectivity index (χ2n) is 4.63. The first-order valence-corrected chi connectivity index (χ1v) is 9.97. The number of nitrogens with one attached hydrogen (secondary N) is 1. The third kappa shape index (κ3) is 5.97. The van der Waals surface area contributed by atoms with E-state index in [1.54, 1.807) is 20.8 Å². The van der Waals surface area contributed by atoms with E-state index in [0.717, 1.165) is 0 Å². The number of carbonyl (C=O) groups excluding carboxylic acids is 2. The standard InChI is InChI=1S/C15H20Cl2NO6P/c1-4-22-15(20)14(25(21,23-5-2)24-6-3)18-13(19)11-8-7-10(16)9-12(11)17/h7-9,14H,4-6H2,1-3H3,(H,18,19). The zero-order valence-corrected chi connectivity index (χ0v) is 16.5. The van der Waals surface area contributed by atoms with Gasteiger partial charge < -0.3 is 19.1 Å². The van der Waals surface area contributed by atoms with Gasteiger partial charge in [0.1, 0.15) is 0 Å². The van der Waals surface area contributed by atoms with Crippen molar-refractivity contribution in [3.8, 4) is 0 Å². The monoisotopic (exact) mass is 411 g/mol. The SMILES string of the molecule is CCOC(=O)C(NC(=O)c1ccc(Cl)cc1Cl)P(=O)(OCC)OCC. The van der Waals surface area contributed by atoms with Crippen LogP contribution in [0.4, 0.5) is 0 Å². The molecule has 0 heterocycles. The van der Waals surface area contributed by atoms with Crippen molar-refractivity contribution >= 4 is 42.7 Å². The Kier molecular flexibility index (Phi) is 8.89. The first-order valence-electron chi connectivity index (χ1n) is 7.60. The van der Waals surface area contributed by atoms with Crippen LogP contribution in [-0.2, 0) is 23.1 Å². The topological polar surface area (TPSA) is 90.9 Å². The molecule has 7 nitrogen and oxygen atoms in total. The molecule has 25 heavy (non-hydrogen) atoms. The van der Waals surface area contributed by atoms with E-state index >= 15 is 0 Å². The van der Waals surface area contributed by atoms with Crippen molar-refractivity contribution in [3.05, 3.63) is 33.8 Å². The zero-order chi connectivity index (χ0) is 19.0. The molecule has 1 amide bonds. The summed E-state index contributed by atoms with van der Waals surface area (Å²) in [4.78, 5) is 24.7. The molecular formula is C15H20Cl2NO6P. The van der Waals surface area contributed by atoms with Crippen LogP contribution >= 0.6 is 30.8 Å². The van der Waals surface area contributed by atoms with Crippen LogP contribution in [0.15, 0.2) is 18.2 Å². The molecule has 1 aromatic rings. The molecule has 1 N–H and O–H groups in total. The van der Waals surface area contributed by atoms with E-state index < -0.39 is 25.3 Å². The van der Waals surface area contributed by atoms with Crippen molar-refractivity contribution < 1.29 is 27.9 Å². The number of halogens is 2. The Morgan fingerprint density at radius 3 is 2.20 bits per heavy atom. The minimum absolute atomic E-state index is 0.0186. The molecule has 0 aliphatic carbocycles. The molecule has 1 rings (SSSR count). The van der Waals surface area contributed by atoms with Gasteiger partial charge >= 0.3 is 13.6 Å². The number of rotatable bonds is 9. The van der Waals surface area contributed by atoms with E-state index in [1.807, 2.05) is 0 Å². The normalized spacial score (nSPS) is 12.5. The molecule has 0 saturated carbocycles. The van der Waals surface area contributed by atoms with Gasteiger partial charge in [-0.15, -0.1) is 0 Å². The molecule has 0 saturated heterocycles. The number of esters is 1. The van der Waals surface area contributed by atoms with E-state index in [9.17, 15) is 14.2 Å². The van der Waals surface area contributed by atoms with Crippen molar-refractivity contribution in [1.29, 1.82) is 0 Å². The first-order chi connectivity index (χ1) is 11.8. The summed E-state index contributed by atoms with van der Waals surface area (Å²) in [6, 6.07) is 4.23. The van der Waals surface area contributed by atoms with Crippen molar-refractivity contribution in [2.45, 2.75) is 26.6 Å². The molecule has 10 heteroatoms. The quantitative estimate of drug-likeness (QED) is 0.489. The van der Waals surface area contributed by atoms with E-state index in [-0.39, 0.29) is 30.4 Å². The molecule has 1 atom stereocenters. The lowest BCUT2D eigenvalue weighted by Crippen LogP contribution is -2.42. The van der Waals surface area contributed by atoms with Crippen LogP contribution in [-0.4, -0.2) is 37.5 Å². The summed E-state index contributed by atoms with van der Waals surface area (Å²) >= 11 is 11.8. The molecule has 0 aromatic heterocycles. The minimum atomic E-state index is -3.99. The van der Waals surface area contributed by atoms with Gasteiger partial charge in [-0.3, -0.25) is 9.36 Å². The van der Waals surface area contributed by atoms with Gasteiger partial charge in [0.15, 0.2) is 0 Å². The molecule has 1 aromatic carbocycles. The van der Waals surface area contributed by atoms with E-state index in [2.05, 4.69) is 5.32 Å². The van der Waals surface area contributed by atoms with Crippen LogP contribution in [0.25, 0.3) is 0 Å². The van der Waals surface area contributed by atoms with Crippen LogP contribution in [0, 0.1) is 0 Å². The first kappa shape index (κ1) is 21.9. The number of carbonyl (C=O) groups is 2. The van der Waals surface area contributed by atoms with Gasteiger partial charge in [-0.05, 0) is 39.0 Å².